The van der Waals surface area contributed by atoms with E-state index in [-0.39, 0.29) is 48.1 Å². The molecule has 5 atom stereocenters. The Morgan fingerprint density at radius 3 is 2.36 bits per heavy atom. The largest absolute Gasteiger partial charge is 0.497 e. The molecule has 2 aliphatic heterocycles. The summed E-state index contributed by atoms with van der Waals surface area (Å²) in [5.74, 6) is 1.10. The fraction of sp³-hybridized carbons (Fsp3) is 0.444. The normalized spacial score (nSPS) is 23.5. The second-order valence-electron chi connectivity index (χ2n) is 12.9. The van der Waals surface area contributed by atoms with Crippen molar-refractivity contribution >= 4 is 30.8 Å². The van der Waals surface area contributed by atoms with Crippen LogP contribution in [0, 0.1) is 5.92 Å². The third kappa shape index (κ3) is 7.09. The topological polar surface area (TPSA) is 88.1 Å². The van der Waals surface area contributed by atoms with E-state index in [0.717, 1.165) is 37.1 Å². The predicted octanol–water partition coefficient (Wildman–Crippen LogP) is 5.64. The highest BCUT2D eigenvalue weighted by Gasteiger charge is 2.51. The molecule has 3 aromatic rings. The summed E-state index contributed by atoms with van der Waals surface area (Å²) in [4.78, 5) is 28.0. The van der Waals surface area contributed by atoms with Gasteiger partial charge in [0.1, 0.15) is 5.75 Å². The Bertz CT molecular complexity index is 1400. The molecule has 2 fully saturated rings. The average Bonchev–Trinajstić information content (AvgIpc) is 3.65. The first-order chi connectivity index (χ1) is 21.2. The van der Waals surface area contributed by atoms with Gasteiger partial charge in [-0.1, -0.05) is 67.7 Å². The number of carbonyl (C=O) groups is 2. The Morgan fingerprint density at radius 2 is 1.70 bits per heavy atom. The van der Waals surface area contributed by atoms with Crippen LogP contribution < -0.4 is 15.2 Å². The SMILES string of the molecule is COc1ccc([Si](C)(C)[C@H]2[C@H](C)[C@H](CCc3ccc(NC(=O)c4ccccc4)cc3)O[C@@H]2CC(=O)N2CCC[C@H]2CO)cc1. The zero-order valence-corrected chi connectivity index (χ0v) is 27.4. The van der Waals surface area contributed by atoms with E-state index in [1.54, 1.807) is 19.2 Å². The summed E-state index contributed by atoms with van der Waals surface area (Å²) in [7, 11) is -0.399. The van der Waals surface area contributed by atoms with Crippen molar-refractivity contribution in [2.45, 2.75) is 75.9 Å². The quantitative estimate of drug-likeness (QED) is 0.273. The Balaban J connectivity index is 1.29. The van der Waals surface area contributed by atoms with Crippen LogP contribution in [0.15, 0.2) is 78.9 Å². The molecule has 8 heteroatoms. The molecule has 0 unspecified atom stereocenters. The van der Waals surface area contributed by atoms with Gasteiger partial charge in [0, 0.05) is 17.8 Å². The minimum atomic E-state index is -2.08. The van der Waals surface area contributed by atoms with Gasteiger partial charge in [-0.25, -0.2) is 0 Å². The predicted molar refractivity (Wildman–Crippen MR) is 177 cm³/mol. The Morgan fingerprint density at radius 1 is 1.00 bits per heavy atom. The number of rotatable bonds is 11. The number of nitrogens with zero attached hydrogens (tertiary/aromatic N) is 1. The summed E-state index contributed by atoms with van der Waals surface area (Å²) in [6, 6.07) is 25.6. The van der Waals surface area contributed by atoms with E-state index < -0.39 is 8.07 Å². The van der Waals surface area contributed by atoms with Crippen LogP contribution in [-0.4, -0.2) is 68.4 Å². The van der Waals surface area contributed by atoms with Crippen molar-refractivity contribution < 1.29 is 24.2 Å². The number of nitrogens with one attached hydrogen (secondary N) is 1. The summed E-state index contributed by atoms with van der Waals surface area (Å²) < 4.78 is 12.2. The van der Waals surface area contributed by atoms with Gasteiger partial charge in [-0.2, -0.15) is 0 Å². The third-order valence-corrected chi connectivity index (χ3v) is 14.2. The second kappa shape index (κ2) is 14.1. The lowest BCUT2D eigenvalue weighted by Gasteiger charge is -2.36. The lowest BCUT2D eigenvalue weighted by atomic mass is 9.95. The number of anilines is 1. The number of amides is 2. The minimum absolute atomic E-state index is 0.0144. The number of benzene rings is 3. The number of aliphatic hydroxyl groups is 1. The molecule has 2 amide bonds. The van der Waals surface area contributed by atoms with Gasteiger partial charge >= 0.3 is 0 Å². The standard InChI is InChI=1S/C36H46N2O5Si/c1-25-32(21-14-26-12-15-28(16-13-26)37-36(41)27-9-6-5-7-10-27)43-33(23-34(40)38-22-8-11-29(38)24-39)35(25)44(3,4)31-19-17-30(42-2)18-20-31/h5-7,9-10,12-13,15-20,25,29,32-33,35,39H,8,11,14,21-24H2,1-4H3,(H,37,41)/t25-,29+,32+,33-,35+/m1/s1. The van der Waals surface area contributed by atoms with E-state index in [2.05, 4.69) is 49.6 Å². The molecule has 2 heterocycles. The number of methoxy groups -OCH3 is 1. The molecule has 5 rings (SSSR count). The van der Waals surface area contributed by atoms with Crippen LogP contribution in [0.25, 0.3) is 0 Å². The number of carbonyl (C=O) groups excluding carboxylic acids is 2. The number of ether oxygens (including phenoxy) is 2. The summed E-state index contributed by atoms with van der Waals surface area (Å²) in [6.45, 7) is 7.82. The molecule has 7 nitrogen and oxygen atoms in total. The zero-order valence-electron chi connectivity index (χ0n) is 26.4. The van der Waals surface area contributed by atoms with Crippen LogP contribution >= 0.6 is 0 Å². The van der Waals surface area contributed by atoms with E-state index in [1.807, 2.05) is 47.4 Å². The van der Waals surface area contributed by atoms with Crippen LogP contribution in [0.4, 0.5) is 5.69 Å². The molecule has 2 aliphatic rings. The van der Waals surface area contributed by atoms with E-state index in [4.69, 9.17) is 9.47 Å². The van der Waals surface area contributed by atoms with Crippen LogP contribution in [-0.2, 0) is 16.0 Å². The molecule has 44 heavy (non-hydrogen) atoms. The van der Waals surface area contributed by atoms with Gasteiger partial charge in [0.2, 0.25) is 5.91 Å². The number of aliphatic hydroxyl groups excluding tert-OH is 1. The first-order valence-corrected chi connectivity index (χ1v) is 18.9. The summed E-state index contributed by atoms with van der Waals surface area (Å²) in [5, 5.41) is 14.1. The number of likely N-dealkylation sites (tertiary alicyclic amines) is 1. The lowest BCUT2D eigenvalue weighted by Crippen LogP contribution is -2.51. The monoisotopic (exact) mass is 614 g/mol. The van der Waals surface area contributed by atoms with E-state index >= 15 is 0 Å². The lowest BCUT2D eigenvalue weighted by molar-refractivity contribution is -0.135. The molecule has 2 saturated heterocycles. The van der Waals surface area contributed by atoms with Gasteiger partial charge in [-0.05, 0) is 79.1 Å². The van der Waals surface area contributed by atoms with Crippen molar-refractivity contribution in [1.82, 2.24) is 4.90 Å². The highest BCUT2D eigenvalue weighted by Crippen LogP contribution is 2.46. The second-order valence-corrected chi connectivity index (χ2v) is 17.6. The van der Waals surface area contributed by atoms with Gasteiger partial charge < -0.3 is 24.8 Å². The first-order valence-electron chi connectivity index (χ1n) is 15.9. The van der Waals surface area contributed by atoms with Gasteiger partial charge in [0.15, 0.2) is 0 Å². The molecule has 2 N–H and O–H groups in total. The van der Waals surface area contributed by atoms with Crippen molar-refractivity contribution in [1.29, 1.82) is 0 Å². The highest BCUT2D eigenvalue weighted by molar-refractivity contribution is 6.91. The van der Waals surface area contributed by atoms with Gasteiger partial charge in [0.25, 0.3) is 5.91 Å². The third-order valence-electron chi connectivity index (χ3n) is 9.82. The molecule has 0 radical (unpaired) electrons. The van der Waals surface area contributed by atoms with Crippen LogP contribution in [0.2, 0.25) is 18.6 Å². The molecule has 0 bridgehead atoms. The van der Waals surface area contributed by atoms with Crippen LogP contribution in [0.1, 0.15) is 48.5 Å². The summed E-state index contributed by atoms with van der Waals surface area (Å²) >= 11 is 0. The molecule has 0 aromatic heterocycles. The molecule has 234 valence electrons. The molecule has 3 aromatic carbocycles. The number of hydrogen-bond donors (Lipinski definition) is 2. The average molecular weight is 615 g/mol. The van der Waals surface area contributed by atoms with Gasteiger partial charge in [-0.3, -0.25) is 9.59 Å². The fourth-order valence-electron chi connectivity index (χ4n) is 7.34. The molecular weight excluding hydrogens is 568 g/mol. The van der Waals surface area contributed by atoms with Crippen molar-refractivity contribution in [2.75, 3.05) is 25.6 Å². The van der Waals surface area contributed by atoms with Crippen molar-refractivity contribution in [2.24, 2.45) is 5.92 Å². The summed E-state index contributed by atoms with van der Waals surface area (Å²) in [5.41, 5.74) is 2.84. The fourth-order valence-corrected chi connectivity index (χ4v) is 11.4. The van der Waals surface area contributed by atoms with E-state index in [1.165, 1.54) is 10.8 Å². The molecular formula is C36H46N2O5Si. The first kappa shape index (κ1) is 31.9. The maximum atomic E-state index is 13.6. The number of hydrogen-bond acceptors (Lipinski definition) is 5. The molecule has 0 saturated carbocycles. The Hall–Kier alpha value is -3.46. The number of aryl methyl sites for hydroxylation is 1. The van der Waals surface area contributed by atoms with Crippen molar-refractivity contribution in [3.63, 3.8) is 0 Å². The van der Waals surface area contributed by atoms with E-state index in [0.29, 0.717) is 18.5 Å². The Labute approximate surface area is 262 Å². The van der Waals surface area contributed by atoms with E-state index in [9.17, 15) is 14.7 Å². The van der Waals surface area contributed by atoms with Crippen molar-refractivity contribution in [3.05, 3.63) is 90.0 Å². The van der Waals surface area contributed by atoms with Crippen molar-refractivity contribution in [3.8, 4) is 5.75 Å². The maximum Gasteiger partial charge on any atom is 0.255 e. The zero-order chi connectivity index (χ0) is 31.3. The highest BCUT2D eigenvalue weighted by atomic mass is 28.3. The van der Waals surface area contributed by atoms with Crippen LogP contribution in [0.3, 0.4) is 0 Å². The Kier molecular flexibility index (Phi) is 10.2. The molecule has 0 spiro atoms. The maximum absolute atomic E-state index is 13.6. The molecule has 0 aliphatic carbocycles. The summed E-state index contributed by atoms with van der Waals surface area (Å²) in [6.07, 6.45) is 3.72. The minimum Gasteiger partial charge on any atom is -0.497 e. The van der Waals surface area contributed by atoms with Gasteiger partial charge in [0.05, 0.1) is 46.5 Å². The smallest absolute Gasteiger partial charge is 0.255 e. The van der Waals surface area contributed by atoms with Crippen LogP contribution in [0.5, 0.6) is 5.75 Å². The van der Waals surface area contributed by atoms with Gasteiger partial charge in [-0.15, -0.1) is 0 Å².